The Bertz CT molecular complexity index is 560. The van der Waals surface area contributed by atoms with Gasteiger partial charge in [0.25, 0.3) is 0 Å². The highest BCUT2D eigenvalue weighted by Crippen LogP contribution is 2.36. The highest BCUT2D eigenvalue weighted by molar-refractivity contribution is 9.10. The van der Waals surface area contributed by atoms with Crippen LogP contribution in [-0.4, -0.2) is 14.5 Å². The Morgan fingerprint density at radius 3 is 2.50 bits per heavy atom. The molecule has 0 unspecified atom stereocenters. The van der Waals surface area contributed by atoms with Crippen LogP contribution in [0, 0.1) is 6.92 Å². The van der Waals surface area contributed by atoms with Crippen LogP contribution in [0.5, 0.6) is 0 Å². The van der Waals surface area contributed by atoms with Crippen LogP contribution in [0.15, 0.2) is 4.47 Å². The molecule has 2 heterocycles. The second-order valence-electron chi connectivity index (χ2n) is 4.17. The Morgan fingerprint density at radius 1 is 1.31 bits per heavy atom. The molecule has 0 N–H and O–H groups in total. The van der Waals surface area contributed by atoms with Crippen molar-refractivity contribution in [1.29, 1.82) is 0 Å². The number of hydrogen-bond acceptors (Lipinski definition) is 2. The zero-order valence-corrected chi connectivity index (χ0v) is 12.0. The Balaban J connectivity index is 2.96. The minimum atomic E-state index is 0.346. The minimum absolute atomic E-state index is 0.346. The highest BCUT2D eigenvalue weighted by atomic mass is 79.9. The number of nitrogens with zero attached hydrogens (tertiary/aromatic N) is 3. The van der Waals surface area contributed by atoms with Crippen molar-refractivity contribution in [3.05, 3.63) is 21.1 Å². The smallest absolute Gasteiger partial charge is 0.146 e. The van der Waals surface area contributed by atoms with E-state index in [1.807, 2.05) is 18.5 Å². The van der Waals surface area contributed by atoms with Crippen molar-refractivity contribution in [2.45, 2.75) is 26.7 Å². The van der Waals surface area contributed by atoms with Crippen molar-refractivity contribution in [2.24, 2.45) is 7.05 Å². The second-order valence-corrected chi connectivity index (χ2v) is 5.32. The van der Waals surface area contributed by atoms with Gasteiger partial charge in [-0.05, 0) is 28.8 Å². The highest BCUT2D eigenvalue weighted by Gasteiger charge is 2.19. The molecule has 2 rings (SSSR count). The lowest BCUT2D eigenvalue weighted by Crippen LogP contribution is -2.00. The van der Waals surface area contributed by atoms with E-state index in [4.69, 9.17) is 11.6 Å². The fourth-order valence-corrected chi connectivity index (χ4v) is 2.61. The maximum absolute atomic E-state index is 6.20. The lowest BCUT2D eigenvalue weighted by Gasteiger charge is -2.07. The molecule has 3 nitrogen and oxygen atoms in total. The van der Waals surface area contributed by atoms with Crippen molar-refractivity contribution >= 4 is 38.6 Å². The van der Waals surface area contributed by atoms with Gasteiger partial charge in [0.15, 0.2) is 0 Å². The van der Waals surface area contributed by atoms with Crippen molar-refractivity contribution < 1.29 is 0 Å². The lowest BCUT2D eigenvalue weighted by atomic mass is 10.1. The van der Waals surface area contributed by atoms with E-state index in [-0.39, 0.29) is 0 Å². The van der Waals surface area contributed by atoms with Crippen LogP contribution in [0.25, 0.3) is 11.0 Å². The number of hydrogen-bond donors (Lipinski definition) is 0. The molecule has 0 aliphatic rings. The van der Waals surface area contributed by atoms with Gasteiger partial charge in [0.2, 0.25) is 0 Å². The maximum Gasteiger partial charge on any atom is 0.146 e. The molecule has 0 atom stereocenters. The standard InChI is InChI=1S/C11H13BrClN3/c1-5(2)9-7-8(12)10(13)16(4)11(7)15-6(3)14-9/h5H,1-4H3. The van der Waals surface area contributed by atoms with Gasteiger partial charge in [-0.2, -0.15) is 0 Å². The number of aromatic nitrogens is 3. The first-order valence-corrected chi connectivity index (χ1v) is 6.28. The topological polar surface area (TPSA) is 30.7 Å². The third-order valence-electron chi connectivity index (χ3n) is 2.59. The summed E-state index contributed by atoms with van der Waals surface area (Å²) in [6.07, 6.45) is 0. The van der Waals surface area contributed by atoms with Crippen LogP contribution in [0.2, 0.25) is 5.15 Å². The summed E-state index contributed by atoms with van der Waals surface area (Å²) in [6, 6.07) is 0. The molecule has 0 aliphatic carbocycles. The molecule has 0 spiro atoms. The van der Waals surface area contributed by atoms with Gasteiger partial charge < -0.3 is 4.57 Å². The number of rotatable bonds is 1. The third kappa shape index (κ3) is 1.64. The molecule has 2 aromatic heterocycles. The molecule has 0 bridgehead atoms. The quantitative estimate of drug-likeness (QED) is 0.802. The third-order valence-corrected chi connectivity index (χ3v) is 4.03. The zero-order valence-electron chi connectivity index (χ0n) is 9.67. The molecular formula is C11H13BrClN3. The van der Waals surface area contributed by atoms with E-state index < -0.39 is 0 Å². The van der Waals surface area contributed by atoms with Crippen molar-refractivity contribution in [3.8, 4) is 0 Å². The Labute approximate surface area is 108 Å². The molecule has 5 heteroatoms. The lowest BCUT2D eigenvalue weighted by molar-refractivity contribution is 0.813. The molecule has 0 aromatic carbocycles. The summed E-state index contributed by atoms with van der Waals surface area (Å²) in [6.45, 7) is 6.14. The van der Waals surface area contributed by atoms with E-state index in [0.717, 1.165) is 27.0 Å². The fraction of sp³-hybridized carbons (Fsp3) is 0.455. The van der Waals surface area contributed by atoms with Gasteiger partial charge in [0.05, 0.1) is 15.6 Å². The zero-order chi connectivity index (χ0) is 12.0. The fourth-order valence-electron chi connectivity index (χ4n) is 1.79. The number of fused-ring (bicyclic) bond motifs is 1. The average molecular weight is 303 g/mol. The van der Waals surface area contributed by atoms with Crippen LogP contribution < -0.4 is 0 Å². The summed E-state index contributed by atoms with van der Waals surface area (Å²) in [4.78, 5) is 8.94. The SMILES string of the molecule is Cc1nc(C(C)C)c2c(Br)c(Cl)n(C)c2n1. The summed E-state index contributed by atoms with van der Waals surface area (Å²) >= 11 is 9.71. The first kappa shape index (κ1) is 11.9. The van der Waals surface area contributed by atoms with Gasteiger partial charge in [-0.15, -0.1) is 0 Å². The molecule has 86 valence electrons. The van der Waals surface area contributed by atoms with E-state index in [0.29, 0.717) is 11.1 Å². The molecular weight excluding hydrogens is 289 g/mol. The molecule has 0 saturated carbocycles. The predicted molar refractivity (Wildman–Crippen MR) is 70.0 cm³/mol. The van der Waals surface area contributed by atoms with Crippen LogP contribution in [-0.2, 0) is 7.05 Å². The van der Waals surface area contributed by atoms with E-state index in [1.165, 1.54) is 0 Å². The summed E-state index contributed by atoms with van der Waals surface area (Å²) in [5, 5.41) is 1.69. The van der Waals surface area contributed by atoms with E-state index in [2.05, 4.69) is 39.7 Å². The number of halogens is 2. The summed E-state index contributed by atoms with van der Waals surface area (Å²) in [5.74, 6) is 1.12. The molecule has 0 aliphatic heterocycles. The summed E-state index contributed by atoms with van der Waals surface area (Å²) in [7, 11) is 1.91. The van der Waals surface area contributed by atoms with Gasteiger partial charge in [-0.1, -0.05) is 25.4 Å². The van der Waals surface area contributed by atoms with Crippen LogP contribution in [0.3, 0.4) is 0 Å². The van der Waals surface area contributed by atoms with Crippen LogP contribution in [0.1, 0.15) is 31.3 Å². The molecule has 0 saturated heterocycles. The molecule has 0 amide bonds. The summed E-state index contributed by atoms with van der Waals surface area (Å²) in [5.41, 5.74) is 1.92. The van der Waals surface area contributed by atoms with Gasteiger partial charge in [0.1, 0.15) is 16.6 Å². The Hall–Kier alpha value is -0.610. The van der Waals surface area contributed by atoms with E-state index in [1.54, 1.807) is 0 Å². The number of aryl methyl sites for hydroxylation is 2. The van der Waals surface area contributed by atoms with Crippen molar-refractivity contribution in [2.75, 3.05) is 0 Å². The first-order valence-electron chi connectivity index (χ1n) is 5.11. The van der Waals surface area contributed by atoms with Gasteiger partial charge in [-0.25, -0.2) is 9.97 Å². The van der Waals surface area contributed by atoms with E-state index >= 15 is 0 Å². The molecule has 0 fully saturated rings. The van der Waals surface area contributed by atoms with Crippen LogP contribution >= 0.6 is 27.5 Å². The normalized spacial score (nSPS) is 11.7. The Kier molecular flexibility index (Phi) is 2.97. The van der Waals surface area contributed by atoms with Crippen molar-refractivity contribution in [3.63, 3.8) is 0 Å². The largest absolute Gasteiger partial charge is 0.318 e. The van der Waals surface area contributed by atoms with Gasteiger partial charge in [-0.3, -0.25) is 0 Å². The molecule has 0 radical (unpaired) electrons. The Morgan fingerprint density at radius 2 is 1.94 bits per heavy atom. The van der Waals surface area contributed by atoms with Crippen LogP contribution in [0.4, 0.5) is 0 Å². The van der Waals surface area contributed by atoms with E-state index in [9.17, 15) is 0 Å². The molecule has 2 aromatic rings. The average Bonchev–Trinajstić information content (AvgIpc) is 2.43. The maximum atomic E-state index is 6.20. The van der Waals surface area contributed by atoms with Gasteiger partial charge in [0, 0.05) is 7.05 Å². The first-order chi connectivity index (χ1) is 7.43. The molecule has 16 heavy (non-hydrogen) atoms. The monoisotopic (exact) mass is 301 g/mol. The summed E-state index contributed by atoms with van der Waals surface area (Å²) < 4.78 is 2.76. The second kappa shape index (κ2) is 4.00. The predicted octanol–water partition coefficient (Wildman–Crippen LogP) is 3.82. The van der Waals surface area contributed by atoms with Gasteiger partial charge >= 0.3 is 0 Å². The minimum Gasteiger partial charge on any atom is -0.318 e. The van der Waals surface area contributed by atoms with Crippen molar-refractivity contribution in [1.82, 2.24) is 14.5 Å².